The van der Waals surface area contributed by atoms with Gasteiger partial charge in [-0.2, -0.15) is 0 Å². The van der Waals surface area contributed by atoms with E-state index in [1.165, 1.54) is 11.1 Å². The molecular weight excluding hydrogens is 334 g/mol. The molecule has 2 rings (SSSR count). The molecule has 136 valence electrons. The van der Waals surface area contributed by atoms with Crippen molar-refractivity contribution in [1.82, 2.24) is 0 Å². The van der Waals surface area contributed by atoms with Crippen LogP contribution < -0.4 is 10.0 Å². The topological polar surface area (TPSA) is 26.3 Å². The second-order valence-electron chi connectivity index (χ2n) is 6.90. The second-order valence-corrected chi connectivity index (χ2v) is 8.15. The van der Waals surface area contributed by atoms with Crippen molar-refractivity contribution in [2.24, 2.45) is 0 Å². The van der Waals surface area contributed by atoms with Gasteiger partial charge in [-0.1, -0.05) is 19.1 Å². The van der Waals surface area contributed by atoms with Crippen molar-refractivity contribution in [2.75, 3.05) is 0 Å². The predicted octanol–water partition coefficient (Wildman–Crippen LogP) is 4.90. The van der Waals surface area contributed by atoms with Crippen LogP contribution in [0.5, 0.6) is 5.75 Å². The number of hydrogen-bond acceptors (Lipinski definition) is 2. The summed E-state index contributed by atoms with van der Waals surface area (Å²) in [6.45, 7) is 14.5. The van der Waals surface area contributed by atoms with Crippen LogP contribution in [0.4, 0.5) is 0 Å². The Hall–Kier alpha value is -1.06. The van der Waals surface area contributed by atoms with E-state index in [0.29, 0.717) is 0 Å². The average molecular weight is 364 g/mol. The first-order chi connectivity index (χ1) is 11.7. The molecule has 0 aliphatic heterocycles. The number of rotatable bonds is 6. The van der Waals surface area contributed by atoms with E-state index in [9.17, 15) is 4.79 Å². The number of benzene rings is 2. The summed E-state index contributed by atoms with van der Waals surface area (Å²) in [5, 5.41) is 1.10. The molecule has 0 aliphatic carbocycles. The molecule has 0 bridgehead atoms. The van der Waals surface area contributed by atoms with Crippen molar-refractivity contribution in [3.63, 3.8) is 0 Å². The Balaban J connectivity index is 0.00000338. The third kappa shape index (κ3) is 5.23. The maximum atomic E-state index is 13.0. The number of carbonyl (C=O) groups excluding carboxylic acids is 1. The number of aryl methyl sites for hydroxylation is 3. The van der Waals surface area contributed by atoms with Gasteiger partial charge in [0.15, 0.2) is 5.52 Å². The minimum atomic E-state index is 0. The summed E-state index contributed by atoms with van der Waals surface area (Å²) in [6.07, 6.45) is 1.18. The Morgan fingerprint density at radius 3 is 2.23 bits per heavy atom. The van der Waals surface area contributed by atoms with E-state index in [0.717, 1.165) is 39.7 Å². The van der Waals surface area contributed by atoms with Crippen molar-refractivity contribution in [1.29, 1.82) is 0 Å². The average Bonchev–Trinajstić information content (AvgIpc) is 2.55. The van der Waals surface area contributed by atoms with Crippen molar-refractivity contribution < 1.29 is 9.53 Å². The van der Waals surface area contributed by atoms with Gasteiger partial charge in [0.05, 0.1) is 6.10 Å². The molecule has 0 aromatic heterocycles. The molecule has 0 heterocycles. The molecule has 0 fully saturated rings. The summed E-state index contributed by atoms with van der Waals surface area (Å²) in [5.74, 6) is 0.881. The normalized spacial score (nSPS) is 12.1. The molecule has 0 N–H and O–H groups in total. The molecule has 0 saturated carbocycles. The van der Waals surface area contributed by atoms with E-state index >= 15 is 0 Å². The van der Waals surface area contributed by atoms with Crippen LogP contribution in [-0.4, -0.2) is 30.5 Å². The summed E-state index contributed by atoms with van der Waals surface area (Å²) in [6, 6.07) is 8.18. The molecule has 2 aromatic carbocycles. The summed E-state index contributed by atoms with van der Waals surface area (Å²) < 4.78 is 5.87. The Kier molecular flexibility index (Phi) is 8.62. The number of carbonyl (C=O) groups is 1. The zero-order chi connectivity index (χ0) is 18.7. The van der Waals surface area contributed by atoms with E-state index in [-0.39, 0.29) is 39.1 Å². The summed E-state index contributed by atoms with van der Waals surface area (Å²) in [5.41, 5.74) is 6.88. The minimum absolute atomic E-state index is 0. The first kappa shape index (κ1) is 23.0. The molecule has 2 nitrogen and oxygen atoms in total. The van der Waals surface area contributed by atoms with E-state index in [1.54, 1.807) is 0 Å². The zero-order valence-corrected chi connectivity index (χ0v) is 17.4. The van der Waals surface area contributed by atoms with Gasteiger partial charge in [0.25, 0.3) is 0 Å². The molecule has 0 saturated heterocycles. The van der Waals surface area contributed by atoms with Gasteiger partial charge in [-0.3, -0.25) is 4.79 Å². The standard InChI is InChI=1S/C22H29O2P.Li.H/c1-8-16(5)24-19-9-10-20(14(3)12-19)25-22(23)21-15(4)11-13(2)17(6)18(21)7;;/h9-12,16,25H,8H2,1-7H3;;. The van der Waals surface area contributed by atoms with Crippen molar-refractivity contribution in [3.05, 3.63) is 57.6 Å². The monoisotopic (exact) mass is 364 g/mol. The number of hydrogen-bond donors (Lipinski definition) is 0. The Bertz CT molecular complexity index is 799. The van der Waals surface area contributed by atoms with Crippen LogP contribution in [0.25, 0.3) is 0 Å². The molecule has 26 heavy (non-hydrogen) atoms. The fraction of sp³-hybridized carbons (Fsp3) is 0.409. The van der Waals surface area contributed by atoms with Crippen molar-refractivity contribution in [2.45, 2.75) is 61.0 Å². The fourth-order valence-electron chi connectivity index (χ4n) is 2.98. The van der Waals surface area contributed by atoms with Gasteiger partial charge >= 0.3 is 18.9 Å². The molecule has 2 aromatic rings. The van der Waals surface area contributed by atoms with Crippen LogP contribution in [0.15, 0.2) is 24.3 Å². The van der Waals surface area contributed by atoms with E-state index in [4.69, 9.17) is 4.74 Å². The molecule has 0 spiro atoms. The van der Waals surface area contributed by atoms with Crippen LogP contribution in [0.3, 0.4) is 0 Å². The van der Waals surface area contributed by atoms with Crippen molar-refractivity contribution in [3.8, 4) is 5.75 Å². The molecular formula is C22H30LiO2P. The summed E-state index contributed by atoms with van der Waals surface area (Å²) in [7, 11) is 0.139. The van der Waals surface area contributed by atoms with Crippen LogP contribution in [0.2, 0.25) is 0 Å². The summed E-state index contributed by atoms with van der Waals surface area (Å²) >= 11 is 0. The maximum absolute atomic E-state index is 13.0. The Labute approximate surface area is 172 Å². The molecule has 0 radical (unpaired) electrons. The second kappa shape index (κ2) is 9.75. The third-order valence-corrected chi connectivity index (χ3v) is 6.25. The van der Waals surface area contributed by atoms with Gasteiger partial charge in [0, 0.05) is 5.56 Å². The van der Waals surface area contributed by atoms with Gasteiger partial charge in [0.2, 0.25) is 0 Å². The van der Waals surface area contributed by atoms with Crippen LogP contribution in [0, 0.1) is 34.6 Å². The SMILES string of the molecule is CCC(C)Oc1ccc(PC(=O)c2c(C)cc(C)c(C)c2C)c(C)c1.[LiH]. The van der Waals surface area contributed by atoms with Crippen LogP contribution >= 0.6 is 8.58 Å². The molecule has 0 aliphatic rings. The molecule has 4 heteroatoms. The van der Waals surface area contributed by atoms with Gasteiger partial charge in [-0.05, 0) is 102 Å². The van der Waals surface area contributed by atoms with E-state index in [1.807, 2.05) is 25.1 Å². The van der Waals surface area contributed by atoms with Gasteiger partial charge < -0.3 is 4.74 Å². The van der Waals surface area contributed by atoms with Gasteiger partial charge in [0.1, 0.15) is 5.75 Å². The first-order valence-corrected chi connectivity index (χ1v) is 9.90. The third-order valence-electron chi connectivity index (χ3n) is 4.94. The first-order valence-electron chi connectivity index (χ1n) is 8.90. The molecule has 2 unspecified atom stereocenters. The Morgan fingerprint density at radius 2 is 1.65 bits per heavy atom. The quantitative estimate of drug-likeness (QED) is 0.538. The van der Waals surface area contributed by atoms with E-state index < -0.39 is 0 Å². The van der Waals surface area contributed by atoms with Gasteiger partial charge in [-0.15, -0.1) is 0 Å². The molecule has 0 amide bonds. The van der Waals surface area contributed by atoms with Crippen LogP contribution in [0.1, 0.15) is 58.4 Å². The number of ether oxygens (including phenoxy) is 1. The fourth-order valence-corrected chi connectivity index (χ4v) is 4.17. The zero-order valence-electron chi connectivity index (χ0n) is 16.4. The summed E-state index contributed by atoms with van der Waals surface area (Å²) in [4.78, 5) is 13.0. The van der Waals surface area contributed by atoms with Crippen LogP contribution in [-0.2, 0) is 0 Å². The van der Waals surface area contributed by atoms with Crippen molar-refractivity contribution >= 4 is 38.3 Å². The predicted molar refractivity (Wildman–Crippen MR) is 116 cm³/mol. The van der Waals surface area contributed by atoms with Gasteiger partial charge in [-0.25, -0.2) is 0 Å². The molecule has 2 atom stereocenters. The Morgan fingerprint density at radius 1 is 1.00 bits per heavy atom. The van der Waals surface area contributed by atoms with E-state index in [2.05, 4.69) is 47.6 Å².